The van der Waals surface area contributed by atoms with Gasteiger partial charge in [0.2, 0.25) is 0 Å². The maximum absolute atomic E-state index is 2.49. The average molecular weight is 640 g/mol. The molecule has 1 aliphatic rings. The zero-order valence-electron chi connectivity index (χ0n) is 28.3. The van der Waals surface area contributed by atoms with E-state index in [1.54, 1.807) is 0 Å². The van der Waals surface area contributed by atoms with Gasteiger partial charge in [0.05, 0.1) is 11.4 Å². The molecule has 8 aromatic rings. The Balaban J connectivity index is 1.32. The number of benzene rings is 8. The van der Waals surface area contributed by atoms with Gasteiger partial charge in [-0.2, -0.15) is 0 Å². The van der Waals surface area contributed by atoms with Crippen molar-refractivity contribution in [2.75, 3.05) is 4.90 Å². The fourth-order valence-electron chi connectivity index (χ4n) is 7.99. The third-order valence-electron chi connectivity index (χ3n) is 10.5. The highest BCUT2D eigenvalue weighted by atomic mass is 15.1. The van der Waals surface area contributed by atoms with Gasteiger partial charge in [0.15, 0.2) is 0 Å². The molecule has 0 saturated heterocycles. The molecule has 0 unspecified atom stereocenters. The van der Waals surface area contributed by atoms with Crippen molar-refractivity contribution >= 4 is 27.8 Å². The minimum atomic E-state index is -0.117. The maximum Gasteiger partial charge on any atom is 0.0546 e. The van der Waals surface area contributed by atoms with Crippen LogP contribution < -0.4 is 4.90 Å². The predicted octanol–water partition coefficient (Wildman–Crippen LogP) is 13.6. The molecule has 0 aromatic heterocycles. The first-order chi connectivity index (χ1) is 24.6. The Kier molecular flexibility index (Phi) is 7.21. The number of anilines is 3. The summed E-state index contributed by atoms with van der Waals surface area (Å²) < 4.78 is 0. The van der Waals surface area contributed by atoms with Crippen LogP contribution in [0.3, 0.4) is 0 Å². The Morgan fingerprint density at radius 1 is 0.380 bits per heavy atom. The first-order valence-electron chi connectivity index (χ1n) is 17.4. The van der Waals surface area contributed by atoms with Gasteiger partial charge in [-0.15, -0.1) is 0 Å². The van der Waals surface area contributed by atoms with Crippen LogP contribution in [0.1, 0.15) is 25.0 Å². The summed E-state index contributed by atoms with van der Waals surface area (Å²) in [6.45, 7) is 4.72. The lowest BCUT2D eigenvalue weighted by atomic mass is 9.82. The van der Waals surface area contributed by atoms with Gasteiger partial charge in [-0.05, 0) is 79.7 Å². The van der Waals surface area contributed by atoms with Gasteiger partial charge in [-0.1, -0.05) is 178 Å². The van der Waals surface area contributed by atoms with Crippen LogP contribution in [0.4, 0.5) is 17.1 Å². The molecule has 238 valence electrons. The van der Waals surface area contributed by atoms with E-state index in [2.05, 4.69) is 207 Å². The zero-order chi connectivity index (χ0) is 33.7. The Bertz CT molecular complexity index is 2490. The fraction of sp³-hybridized carbons (Fsp3) is 0.0612. The highest BCUT2D eigenvalue weighted by molar-refractivity contribution is 6.04. The minimum absolute atomic E-state index is 0.117. The normalized spacial score (nSPS) is 12.8. The second-order valence-corrected chi connectivity index (χ2v) is 13.7. The molecule has 0 spiro atoms. The smallest absolute Gasteiger partial charge is 0.0546 e. The Morgan fingerprint density at radius 3 is 1.74 bits per heavy atom. The predicted molar refractivity (Wildman–Crippen MR) is 213 cm³/mol. The van der Waals surface area contributed by atoms with Gasteiger partial charge in [-0.3, -0.25) is 0 Å². The maximum atomic E-state index is 2.49. The molecule has 0 saturated carbocycles. The van der Waals surface area contributed by atoms with Gasteiger partial charge in [0, 0.05) is 22.1 Å². The lowest BCUT2D eigenvalue weighted by Crippen LogP contribution is -2.17. The van der Waals surface area contributed by atoms with E-state index in [9.17, 15) is 0 Å². The van der Waals surface area contributed by atoms with E-state index < -0.39 is 0 Å². The van der Waals surface area contributed by atoms with E-state index in [1.807, 2.05) is 0 Å². The van der Waals surface area contributed by atoms with Crippen molar-refractivity contribution < 1.29 is 0 Å². The van der Waals surface area contributed by atoms with Crippen LogP contribution in [0, 0.1) is 0 Å². The van der Waals surface area contributed by atoms with Gasteiger partial charge in [0.25, 0.3) is 0 Å². The van der Waals surface area contributed by atoms with Crippen molar-refractivity contribution in [3.05, 3.63) is 199 Å². The molecule has 1 aliphatic carbocycles. The van der Waals surface area contributed by atoms with E-state index in [0.29, 0.717) is 0 Å². The second kappa shape index (κ2) is 12.1. The number of hydrogen-bond donors (Lipinski definition) is 0. The van der Waals surface area contributed by atoms with Gasteiger partial charge in [0.1, 0.15) is 0 Å². The van der Waals surface area contributed by atoms with E-state index in [4.69, 9.17) is 0 Å². The molecule has 0 bridgehead atoms. The van der Waals surface area contributed by atoms with Crippen LogP contribution in [0.25, 0.3) is 55.3 Å². The molecule has 8 aromatic carbocycles. The Morgan fingerprint density at radius 2 is 0.940 bits per heavy atom. The lowest BCUT2D eigenvalue weighted by molar-refractivity contribution is 0.660. The second-order valence-electron chi connectivity index (χ2n) is 13.7. The van der Waals surface area contributed by atoms with E-state index in [0.717, 1.165) is 17.1 Å². The standard InChI is InChI=1S/C49H37N/c1-49(2)44-24-12-11-22-42(44)43-32-31-39(33-45(43)49)50(46-25-13-20-36-19-9-10-21-40(36)46)47-26-14-23-41(37-17-7-4-8-18-37)48(47)38-29-27-35(28-30-38)34-15-5-3-6-16-34/h3-33H,1-2H3. The summed E-state index contributed by atoms with van der Waals surface area (Å²) >= 11 is 0. The summed E-state index contributed by atoms with van der Waals surface area (Å²) in [6.07, 6.45) is 0. The van der Waals surface area contributed by atoms with E-state index >= 15 is 0 Å². The summed E-state index contributed by atoms with van der Waals surface area (Å²) in [4.78, 5) is 2.49. The molecule has 50 heavy (non-hydrogen) atoms. The number of fused-ring (bicyclic) bond motifs is 4. The van der Waals surface area contributed by atoms with Gasteiger partial charge >= 0.3 is 0 Å². The lowest BCUT2D eigenvalue weighted by Gasteiger charge is -2.31. The first kappa shape index (κ1) is 29.9. The van der Waals surface area contributed by atoms with Crippen LogP contribution in [-0.2, 0) is 5.41 Å². The van der Waals surface area contributed by atoms with Crippen LogP contribution in [-0.4, -0.2) is 0 Å². The molecule has 0 aliphatic heterocycles. The van der Waals surface area contributed by atoms with Crippen LogP contribution in [0.5, 0.6) is 0 Å². The molecule has 0 amide bonds. The molecule has 1 nitrogen and oxygen atoms in total. The molecular weight excluding hydrogens is 603 g/mol. The molecule has 1 heteroatoms. The quantitative estimate of drug-likeness (QED) is 0.175. The third kappa shape index (κ3) is 4.94. The Hall–Kier alpha value is -6.18. The summed E-state index contributed by atoms with van der Waals surface area (Å²) in [6, 6.07) is 68.7. The van der Waals surface area contributed by atoms with Crippen LogP contribution >= 0.6 is 0 Å². The average Bonchev–Trinajstić information content (AvgIpc) is 3.41. The summed E-state index contributed by atoms with van der Waals surface area (Å²) in [5.74, 6) is 0. The fourth-order valence-corrected chi connectivity index (χ4v) is 7.99. The summed E-state index contributed by atoms with van der Waals surface area (Å²) in [7, 11) is 0. The third-order valence-corrected chi connectivity index (χ3v) is 10.5. The number of nitrogens with zero attached hydrogens (tertiary/aromatic N) is 1. The van der Waals surface area contributed by atoms with Crippen LogP contribution in [0.15, 0.2) is 188 Å². The van der Waals surface area contributed by atoms with Crippen molar-refractivity contribution in [2.45, 2.75) is 19.3 Å². The molecule has 9 rings (SSSR count). The molecule has 0 fully saturated rings. The topological polar surface area (TPSA) is 3.24 Å². The van der Waals surface area contributed by atoms with Crippen molar-refractivity contribution in [1.82, 2.24) is 0 Å². The first-order valence-corrected chi connectivity index (χ1v) is 17.4. The van der Waals surface area contributed by atoms with Crippen molar-refractivity contribution in [3.8, 4) is 44.5 Å². The van der Waals surface area contributed by atoms with Crippen molar-refractivity contribution in [1.29, 1.82) is 0 Å². The molecule has 0 heterocycles. The molecule has 0 atom stereocenters. The SMILES string of the molecule is CC1(C)c2ccccc2-c2ccc(N(c3cccc(-c4ccccc4)c3-c3ccc(-c4ccccc4)cc3)c3cccc4ccccc34)cc21. The molecule has 0 N–H and O–H groups in total. The minimum Gasteiger partial charge on any atom is -0.309 e. The largest absolute Gasteiger partial charge is 0.309 e. The van der Waals surface area contributed by atoms with Gasteiger partial charge < -0.3 is 4.90 Å². The van der Waals surface area contributed by atoms with Crippen molar-refractivity contribution in [2.24, 2.45) is 0 Å². The summed E-state index contributed by atoms with van der Waals surface area (Å²) in [5.41, 5.74) is 15.9. The van der Waals surface area contributed by atoms with Crippen LogP contribution in [0.2, 0.25) is 0 Å². The highest BCUT2D eigenvalue weighted by Crippen LogP contribution is 2.52. The highest BCUT2D eigenvalue weighted by Gasteiger charge is 2.36. The van der Waals surface area contributed by atoms with E-state index in [-0.39, 0.29) is 5.41 Å². The van der Waals surface area contributed by atoms with E-state index in [1.165, 1.54) is 66.4 Å². The van der Waals surface area contributed by atoms with Crippen molar-refractivity contribution in [3.63, 3.8) is 0 Å². The molecular formula is C49H37N. The zero-order valence-corrected chi connectivity index (χ0v) is 28.3. The summed E-state index contributed by atoms with van der Waals surface area (Å²) in [5, 5.41) is 2.44. The number of hydrogen-bond acceptors (Lipinski definition) is 1. The number of rotatable bonds is 6. The monoisotopic (exact) mass is 639 g/mol. The molecule has 0 radical (unpaired) electrons. The van der Waals surface area contributed by atoms with Gasteiger partial charge in [-0.25, -0.2) is 0 Å². The Labute approximate surface area is 294 Å².